The number of methoxy groups -OCH3 is 1. The molecule has 0 atom stereocenters. The van der Waals surface area contributed by atoms with E-state index in [1.165, 1.54) is 19.1 Å². The second-order valence-electron chi connectivity index (χ2n) is 8.23. The smallest absolute Gasteiger partial charge is 0.337 e. The minimum Gasteiger partial charge on any atom is -0.465 e. The van der Waals surface area contributed by atoms with E-state index < -0.39 is 5.97 Å². The maximum Gasteiger partial charge on any atom is 0.337 e. The van der Waals surface area contributed by atoms with Crippen LogP contribution < -0.4 is 10.3 Å². The van der Waals surface area contributed by atoms with Gasteiger partial charge in [-0.3, -0.25) is 14.3 Å². The van der Waals surface area contributed by atoms with E-state index >= 15 is 0 Å². The van der Waals surface area contributed by atoms with E-state index in [2.05, 4.69) is 9.71 Å². The lowest BCUT2D eigenvalue weighted by Crippen LogP contribution is -2.22. The predicted octanol–water partition coefficient (Wildman–Crippen LogP) is 4.99. The molecule has 0 aliphatic rings. The Morgan fingerprint density at radius 1 is 1.03 bits per heavy atom. The van der Waals surface area contributed by atoms with Gasteiger partial charge in [0.1, 0.15) is 5.69 Å². The Bertz CT molecular complexity index is 1690. The largest absolute Gasteiger partial charge is 0.465 e. The highest BCUT2D eigenvalue weighted by Crippen LogP contribution is 2.39. The highest BCUT2D eigenvalue weighted by molar-refractivity contribution is 7.97. The standard InChI is InChI=1S/C28H23N3O4S/c1-35-28(34)19-9-5-7-17(15-19)16-31-22-13-12-18-8-3-4-10-20(18)23(22)24(25(31)27(33)30-36-2)21-11-6-14-29-26(21)32/h3-15H,16H2,1-2H3,(H,29,32)(H,30,33). The van der Waals surface area contributed by atoms with Gasteiger partial charge in [-0.15, -0.1) is 0 Å². The van der Waals surface area contributed by atoms with Crippen molar-refractivity contribution in [3.05, 3.63) is 106 Å². The molecule has 0 saturated heterocycles. The number of hydrogen-bond donors (Lipinski definition) is 2. The van der Waals surface area contributed by atoms with Gasteiger partial charge in [0.25, 0.3) is 11.5 Å². The van der Waals surface area contributed by atoms with Gasteiger partial charge >= 0.3 is 5.97 Å². The van der Waals surface area contributed by atoms with Crippen molar-refractivity contribution in [3.63, 3.8) is 0 Å². The van der Waals surface area contributed by atoms with Crippen LogP contribution >= 0.6 is 11.9 Å². The zero-order chi connectivity index (χ0) is 25.2. The summed E-state index contributed by atoms with van der Waals surface area (Å²) in [5, 5.41) is 2.76. The maximum absolute atomic E-state index is 13.5. The van der Waals surface area contributed by atoms with Gasteiger partial charge in [0.05, 0.1) is 18.2 Å². The van der Waals surface area contributed by atoms with E-state index in [1.807, 2.05) is 47.0 Å². The molecule has 2 heterocycles. The zero-order valence-corrected chi connectivity index (χ0v) is 20.5. The lowest BCUT2D eigenvalue weighted by molar-refractivity contribution is 0.0600. The van der Waals surface area contributed by atoms with Crippen LogP contribution in [0.25, 0.3) is 32.8 Å². The van der Waals surface area contributed by atoms with E-state index in [-0.39, 0.29) is 11.5 Å². The van der Waals surface area contributed by atoms with Gasteiger partial charge in [0.15, 0.2) is 0 Å². The molecule has 0 saturated carbocycles. The van der Waals surface area contributed by atoms with Gasteiger partial charge < -0.3 is 14.3 Å². The molecule has 0 aliphatic heterocycles. The average molecular weight is 498 g/mol. The van der Waals surface area contributed by atoms with E-state index in [0.29, 0.717) is 28.9 Å². The van der Waals surface area contributed by atoms with Crippen LogP contribution in [0.2, 0.25) is 0 Å². The van der Waals surface area contributed by atoms with Crippen LogP contribution in [0.3, 0.4) is 0 Å². The molecule has 3 aromatic carbocycles. The third-order valence-corrected chi connectivity index (χ3v) is 6.53. The fraction of sp³-hybridized carbons (Fsp3) is 0.107. The van der Waals surface area contributed by atoms with Crippen molar-refractivity contribution in [1.82, 2.24) is 14.3 Å². The molecule has 0 bridgehead atoms. The Morgan fingerprint density at radius 3 is 2.64 bits per heavy atom. The first-order valence-electron chi connectivity index (χ1n) is 11.3. The lowest BCUT2D eigenvalue weighted by atomic mass is 9.98. The number of pyridine rings is 1. The summed E-state index contributed by atoms with van der Waals surface area (Å²) in [6, 6.07) is 22.5. The normalized spacial score (nSPS) is 11.1. The summed E-state index contributed by atoms with van der Waals surface area (Å²) in [4.78, 5) is 41.4. The highest BCUT2D eigenvalue weighted by atomic mass is 32.2. The summed E-state index contributed by atoms with van der Waals surface area (Å²) in [6.45, 7) is 0.307. The van der Waals surface area contributed by atoms with Crippen LogP contribution in [0.1, 0.15) is 26.4 Å². The Kier molecular flexibility index (Phi) is 6.35. The number of rotatable bonds is 6. The van der Waals surface area contributed by atoms with Gasteiger partial charge in [-0.05, 0) is 46.7 Å². The number of H-pyrrole nitrogens is 1. The molecule has 0 unspecified atom stereocenters. The van der Waals surface area contributed by atoms with Crippen molar-refractivity contribution in [2.45, 2.75) is 6.54 Å². The number of carbonyl (C=O) groups excluding carboxylic acids is 2. The molecule has 0 aliphatic carbocycles. The summed E-state index contributed by atoms with van der Waals surface area (Å²) in [5.74, 6) is -0.748. The van der Waals surface area contributed by atoms with Crippen LogP contribution in [0, 0.1) is 0 Å². The van der Waals surface area contributed by atoms with Crippen LogP contribution in [0.4, 0.5) is 0 Å². The van der Waals surface area contributed by atoms with Gasteiger partial charge in [0, 0.05) is 35.5 Å². The highest BCUT2D eigenvalue weighted by Gasteiger charge is 2.27. The van der Waals surface area contributed by atoms with E-state index in [0.717, 1.165) is 27.2 Å². The van der Waals surface area contributed by atoms with Gasteiger partial charge in [-0.1, -0.05) is 54.4 Å². The van der Waals surface area contributed by atoms with Crippen molar-refractivity contribution < 1.29 is 14.3 Å². The van der Waals surface area contributed by atoms with Crippen molar-refractivity contribution in [2.24, 2.45) is 0 Å². The first kappa shape index (κ1) is 23.4. The topological polar surface area (TPSA) is 93.2 Å². The number of nitrogens with one attached hydrogen (secondary N) is 2. The minimum absolute atomic E-state index is 0.282. The molecule has 7 nitrogen and oxygen atoms in total. The quantitative estimate of drug-likeness (QED) is 0.255. The number of amides is 1. The number of esters is 1. The summed E-state index contributed by atoms with van der Waals surface area (Å²) >= 11 is 1.19. The van der Waals surface area contributed by atoms with Crippen LogP contribution in [-0.2, 0) is 11.3 Å². The van der Waals surface area contributed by atoms with E-state index in [1.54, 1.807) is 42.8 Å². The Hall–Kier alpha value is -4.30. The number of aromatic nitrogens is 2. The maximum atomic E-state index is 13.5. The van der Waals surface area contributed by atoms with E-state index in [9.17, 15) is 14.4 Å². The third-order valence-electron chi connectivity index (χ3n) is 6.14. The number of fused-ring (bicyclic) bond motifs is 3. The number of ether oxygens (including phenoxy) is 1. The number of aromatic amines is 1. The van der Waals surface area contributed by atoms with Gasteiger partial charge in [-0.2, -0.15) is 0 Å². The molecule has 5 rings (SSSR count). The fourth-order valence-corrected chi connectivity index (χ4v) is 4.92. The molecule has 0 radical (unpaired) electrons. The van der Waals surface area contributed by atoms with Crippen molar-refractivity contribution in [2.75, 3.05) is 13.4 Å². The minimum atomic E-state index is -0.433. The number of carbonyl (C=O) groups is 2. The number of benzene rings is 3. The van der Waals surface area contributed by atoms with Crippen LogP contribution in [0.15, 0.2) is 83.8 Å². The molecule has 5 aromatic rings. The van der Waals surface area contributed by atoms with Crippen molar-refractivity contribution >= 4 is 45.5 Å². The van der Waals surface area contributed by atoms with Gasteiger partial charge in [0.2, 0.25) is 0 Å². The lowest BCUT2D eigenvalue weighted by Gasteiger charge is -2.13. The molecule has 0 fully saturated rings. The monoisotopic (exact) mass is 497 g/mol. The second kappa shape index (κ2) is 9.75. The van der Waals surface area contributed by atoms with Crippen molar-refractivity contribution in [3.8, 4) is 11.1 Å². The Balaban J connectivity index is 1.87. The molecule has 8 heteroatoms. The zero-order valence-electron chi connectivity index (χ0n) is 19.7. The first-order chi connectivity index (χ1) is 17.5. The van der Waals surface area contributed by atoms with Gasteiger partial charge in [-0.25, -0.2) is 4.79 Å². The average Bonchev–Trinajstić information content (AvgIpc) is 3.23. The van der Waals surface area contributed by atoms with E-state index in [4.69, 9.17) is 4.74 Å². The summed E-state index contributed by atoms with van der Waals surface area (Å²) in [6.07, 6.45) is 3.35. The van der Waals surface area contributed by atoms with Crippen molar-refractivity contribution in [1.29, 1.82) is 0 Å². The second-order valence-corrected chi connectivity index (χ2v) is 8.84. The Morgan fingerprint density at radius 2 is 1.86 bits per heavy atom. The first-order valence-corrected chi connectivity index (χ1v) is 12.5. The molecule has 36 heavy (non-hydrogen) atoms. The summed E-state index contributed by atoms with van der Waals surface area (Å²) in [5.41, 5.74) is 3.11. The molecule has 2 N–H and O–H groups in total. The van der Waals surface area contributed by atoms with Crippen LogP contribution in [-0.4, -0.2) is 34.8 Å². The SMILES string of the molecule is COC(=O)c1cccc(Cn2c(C(=O)NSC)c(-c3ccc[nH]c3=O)c3c4ccccc4ccc32)c1. The fourth-order valence-electron chi connectivity index (χ4n) is 4.64. The van der Waals surface area contributed by atoms with Crippen LogP contribution in [0.5, 0.6) is 0 Å². The molecule has 1 amide bonds. The molecule has 180 valence electrons. The summed E-state index contributed by atoms with van der Waals surface area (Å²) < 4.78 is 9.62. The molecule has 2 aromatic heterocycles. The number of nitrogens with zero attached hydrogens (tertiary/aromatic N) is 1. The molecular formula is C28H23N3O4S. The molecular weight excluding hydrogens is 474 g/mol. The molecule has 0 spiro atoms. The third kappa shape index (κ3) is 4.05. The number of hydrogen-bond acceptors (Lipinski definition) is 5. The summed E-state index contributed by atoms with van der Waals surface area (Å²) in [7, 11) is 1.34. The Labute approximate surface area is 211 Å². The predicted molar refractivity (Wildman–Crippen MR) is 143 cm³/mol.